The van der Waals surface area contributed by atoms with Crippen LogP contribution in [0.25, 0.3) is 0 Å². The normalized spacial score (nSPS) is 12.6. The van der Waals surface area contributed by atoms with E-state index in [1.54, 1.807) is 6.08 Å². The highest BCUT2D eigenvalue weighted by Crippen LogP contribution is 2.20. The summed E-state index contributed by atoms with van der Waals surface area (Å²) >= 11 is 0. The molecule has 0 aliphatic carbocycles. The molecule has 0 aromatic carbocycles. The minimum absolute atomic E-state index is 0.0239. The zero-order chi connectivity index (χ0) is 62.8. The highest BCUT2D eigenvalue weighted by atomic mass is 16.5. The summed E-state index contributed by atoms with van der Waals surface area (Å²) in [5.74, 6) is -0.0366. The van der Waals surface area contributed by atoms with E-state index in [1.165, 1.54) is 392 Å². The van der Waals surface area contributed by atoms with E-state index >= 15 is 0 Å². The summed E-state index contributed by atoms with van der Waals surface area (Å²) in [6.45, 7) is 4.96. The Bertz CT molecular complexity index is 1360. The molecule has 0 aliphatic heterocycles. The first-order valence-corrected chi connectivity index (χ1v) is 40.1. The van der Waals surface area contributed by atoms with E-state index in [0.29, 0.717) is 19.4 Å². The van der Waals surface area contributed by atoms with Crippen LogP contribution in [0.3, 0.4) is 0 Å². The number of aliphatic hydroxyl groups excluding tert-OH is 2. The van der Waals surface area contributed by atoms with E-state index in [0.717, 1.165) is 38.5 Å². The molecule has 6 heteroatoms. The molecule has 2 atom stereocenters. The maximum atomic E-state index is 12.5. The van der Waals surface area contributed by atoms with Crippen LogP contribution >= 0.6 is 0 Å². The van der Waals surface area contributed by atoms with E-state index < -0.39 is 12.1 Å². The zero-order valence-corrected chi connectivity index (χ0v) is 59.3. The van der Waals surface area contributed by atoms with Crippen LogP contribution < -0.4 is 5.32 Å². The number of hydrogen-bond donors (Lipinski definition) is 3. The van der Waals surface area contributed by atoms with Gasteiger partial charge in [0.15, 0.2) is 0 Å². The second-order valence-corrected chi connectivity index (χ2v) is 27.8. The van der Waals surface area contributed by atoms with Gasteiger partial charge in [-0.3, -0.25) is 9.59 Å². The molecule has 0 aliphatic rings. The van der Waals surface area contributed by atoms with Crippen molar-refractivity contribution in [2.75, 3.05) is 13.2 Å². The topological polar surface area (TPSA) is 95.9 Å². The number of hydrogen-bond acceptors (Lipinski definition) is 5. The summed E-state index contributed by atoms with van der Waals surface area (Å²) < 4.78 is 5.52. The van der Waals surface area contributed by atoms with Gasteiger partial charge in [0.25, 0.3) is 0 Å². The molecular weight excluding hydrogens is 1070 g/mol. The summed E-state index contributed by atoms with van der Waals surface area (Å²) in [5.41, 5.74) is 0. The zero-order valence-electron chi connectivity index (χ0n) is 59.3. The van der Waals surface area contributed by atoms with Crippen LogP contribution in [0.4, 0.5) is 0 Å². The predicted molar refractivity (Wildman–Crippen MR) is 384 cm³/mol. The average Bonchev–Trinajstić information content (AvgIpc) is 3.59. The lowest BCUT2D eigenvalue weighted by Crippen LogP contribution is -2.45. The maximum Gasteiger partial charge on any atom is 0.305 e. The van der Waals surface area contributed by atoms with Gasteiger partial charge in [-0.15, -0.1) is 0 Å². The maximum absolute atomic E-state index is 12.5. The van der Waals surface area contributed by atoms with Gasteiger partial charge >= 0.3 is 5.97 Å². The largest absolute Gasteiger partial charge is 0.466 e. The SMILES string of the molecule is CCCCCCCCCCCCCCCCCCC/C=C/C(O)C(CO)NC(=O)CCCCCCCCCCCCCCCCCCC/C=C\CCCCCCCCCCCCCCOC(=O)CCCCCCCCCCCCCCCCCCCC. The minimum atomic E-state index is -0.843. The van der Waals surface area contributed by atoms with Crippen LogP contribution in [-0.4, -0.2) is 47.4 Å². The van der Waals surface area contributed by atoms with Gasteiger partial charge in [-0.25, -0.2) is 0 Å². The van der Waals surface area contributed by atoms with Crippen molar-refractivity contribution in [2.45, 2.75) is 469 Å². The van der Waals surface area contributed by atoms with Gasteiger partial charge in [0.2, 0.25) is 5.91 Å². The van der Waals surface area contributed by atoms with Crippen molar-refractivity contribution in [3.63, 3.8) is 0 Å². The number of amides is 1. The van der Waals surface area contributed by atoms with Crippen LogP contribution in [0.2, 0.25) is 0 Å². The van der Waals surface area contributed by atoms with Gasteiger partial charge in [-0.2, -0.15) is 0 Å². The van der Waals surface area contributed by atoms with Crippen molar-refractivity contribution in [2.24, 2.45) is 0 Å². The molecule has 0 fully saturated rings. The lowest BCUT2D eigenvalue weighted by molar-refractivity contribution is -0.143. The Labute approximate surface area is 545 Å². The summed E-state index contributed by atoms with van der Waals surface area (Å²) in [6, 6.07) is -0.626. The molecule has 6 nitrogen and oxygen atoms in total. The minimum Gasteiger partial charge on any atom is -0.466 e. The van der Waals surface area contributed by atoms with Crippen molar-refractivity contribution in [3.8, 4) is 0 Å². The first-order valence-electron chi connectivity index (χ1n) is 40.1. The molecule has 0 aromatic heterocycles. The first-order chi connectivity index (χ1) is 43.0. The number of esters is 1. The number of nitrogens with one attached hydrogen (secondary N) is 1. The molecule has 0 saturated carbocycles. The highest BCUT2D eigenvalue weighted by Gasteiger charge is 2.18. The number of ether oxygens (including phenoxy) is 1. The van der Waals surface area contributed by atoms with E-state index in [-0.39, 0.29) is 18.5 Å². The fourth-order valence-corrected chi connectivity index (χ4v) is 12.9. The third-order valence-corrected chi connectivity index (χ3v) is 19.0. The van der Waals surface area contributed by atoms with Crippen LogP contribution in [-0.2, 0) is 14.3 Å². The average molecular weight is 1230 g/mol. The molecule has 516 valence electrons. The molecule has 87 heavy (non-hydrogen) atoms. The molecule has 0 spiro atoms. The summed E-state index contributed by atoms with van der Waals surface area (Å²) in [4.78, 5) is 24.7. The summed E-state index contributed by atoms with van der Waals surface area (Å²) in [5, 5.41) is 23.3. The molecule has 0 bridgehead atoms. The Hall–Kier alpha value is -1.66. The fraction of sp³-hybridized carbons (Fsp3) is 0.926. The predicted octanol–water partition coefficient (Wildman–Crippen LogP) is 26.4. The second kappa shape index (κ2) is 76.8. The van der Waals surface area contributed by atoms with Gasteiger partial charge < -0.3 is 20.3 Å². The number of allylic oxidation sites excluding steroid dienone is 3. The van der Waals surface area contributed by atoms with Crippen LogP contribution in [0.5, 0.6) is 0 Å². The molecule has 0 saturated heterocycles. The number of aliphatic hydroxyl groups is 2. The second-order valence-electron chi connectivity index (χ2n) is 27.8. The van der Waals surface area contributed by atoms with E-state index in [2.05, 4.69) is 31.3 Å². The lowest BCUT2D eigenvalue weighted by Gasteiger charge is -2.20. The van der Waals surface area contributed by atoms with Crippen molar-refractivity contribution in [3.05, 3.63) is 24.3 Å². The van der Waals surface area contributed by atoms with Gasteiger partial charge in [0.05, 0.1) is 25.4 Å². The molecule has 1 amide bonds. The van der Waals surface area contributed by atoms with Crippen LogP contribution in [0.15, 0.2) is 24.3 Å². The van der Waals surface area contributed by atoms with Crippen molar-refractivity contribution in [1.29, 1.82) is 0 Å². The Kier molecular flexibility index (Phi) is 75.3. The molecule has 2 unspecified atom stereocenters. The molecule has 0 heterocycles. The third kappa shape index (κ3) is 73.3. The number of carbonyl (C=O) groups is 2. The smallest absolute Gasteiger partial charge is 0.305 e. The lowest BCUT2D eigenvalue weighted by atomic mass is 10.0. The van der Waals surface area contributed by atoms with E-state index in [1.807, 2.05) is 6.08 Å². The van der Waals surface area contributed by atoms with Gasteiger partial charge in [0.1, 0.15) is 0 Å². The summed E-state index contributed by atoms with van der Waals surface area (Å²) in [7, 11) is 0. The van der Waals surface area contributed by atoms with Crippen LogP contribution in [0, 0.1) is 0 Å². The molecule has 3 N–H and O–H groups in total. The highest BCUT2D eigenvalue weighted by molar-refractivity contribution is 5.76. The Morgan fingerprint density at radius 3 is 0.816 bits per heavy atom. The molecular formula is C81H157NO5. The number of unbranched alkanes of at least 4 members (excludes halogenated alkanes) is 63. The number of rotatable bonds is 76. The first kappa shape index (κ1) is 85.3. The van der Waals surface area contributed by atoms with Gasteiger partial charge in [-0.1, -0.05) is 411 Å². The van der Waals surface area contributed by atoms with Crippen molar-refractivity contribution >= 4 is 11.9 Å². The van der Waals surface area contributed by atoms with Gasteiger partial charge in [0, 0.05) is 12.8 Å². The molecule has 0 rings (SSSR count). The number of carbonyl (C=O) groups excluding carboxylic acids is 2. The fourth-order valence-electron chi connectivity index (χ4n) is 12.9. The molecule has 0 radical (unpaired) electrons. The Balaban J connectivity index is 3.35. The van der Waals surface area contributed by atoms with E-state index in [4.69, 9.17) is 4.74 Å². The van der Waals surface area contributed by atoms with Crippen molar-refractivity contribution in [1.82, 2.24) is 5.32 Å². The Morgan fingerprint density at radius 1 is 0.310 bits per heavy atom. The van der Waals surface area contributed by atoms with E-state index in [9.17, 15) is 19.8 Å². The summed E-state index contributed by atoms with van der Waals surface area (Å²) in [6.07, 6.45) is 98.8. The Morgan fingerprint density at radius 2 is 0.540 bits per heavy atom. The standard InChI is InChI=1S/C81H157NO5/c1-3-5-7-9-11-13-15-17-19-21-38-41-45-49-53-57-61-65-69-73-79(84)78(77-83)82-80(85)74-70-66-62-58-54-50-46-42-39-36-34-32-30-28-26-24-23-25-27-29-31-33-35-37-40-44-48-52-56-60-64-68-72-76-87-81(86)75-71-67-63-59-55-51-47-43-22-20-18-16-14-12-10-8-6-4-2/h27,29,69,73,78-79,83-84H,3-26,28,30-68,70-72,74-77H2,1-2H3,(H,82,85)/b29-27-,73-69+. The van der Waals surface area contributed by atoms with Crippen LogP contribution in [0.1, 0.15) is 457 Å². The quantitative estimate of drug-likeness (QED) is 0.0320. The monoisotopic (exact) mass is 1220 g/mol. The third-order valence-electron chi connectivity index (χ3n) is 19.0. The molecule has 0 aromatic rings. The van der Waals surface area contributed by atoms with Crippen molar-refractivity contribution < 1.29 is 24.5 Å². The van der Waals surface area contributed by atoms with Gasteiger partial charge in [-0.05, 0) is 57.8 Å².